The molecular weight excluding hydrogens is 299 g/mol. The molecule has 1 aliphatic rings. The molecule has 1 saturated heterocycles. The summed E-state index contributed by atoms with van der Waals surface area (Å²) >= 11 is 5.62. The Balaban J connectivity index is 2.20. The number of anilines is 1. The molecule has 1 unspecified atom stereocenters. The smallest absolute Gasteiger partial charge is 0.302 e. The molecular formula is C10H10ClFN2O4S. The second-order valence-electron chi connectivity index (χ2n) is 4.28. The fourth-order valence-electron chi connectivity index (χ4n) is 2.01. The number of carbonyl (C=O) groups is 1. The number of halogens is 2. The minimum absolute atomic E-state index is 0.00634. The van der Waals surface area contributed by atoms with Crippen LogP contribution in [0.3, 0.4) is 0 Å². The van der Waals surface area contributed by atoms with Crippen LogP contribution >= 0.6 is 11.6 Å². The van der Waals surface area contributed by atoms with Gasteiger partial charge < -0.3 is 5.11 Å². The van der Waals surface area contributed by atoms with E-state index in [1.54, 1.807) is 0 Å². The molecule has 19 heavy (non-hydrogen) atoms. The molecule has 2 rings (SSSR count). The van der Waals surface area contributed by atoms with Gasteiger partial charge in [-0.3, -0.25) is 9.69 Å². The molecule has 1 N–H and O–H groups in total. The van der Waals surface area contributed by atoms with Crippen LogP contribution < -0.4 is 4.90 Å². The lowest BCUT2D eigenvalue weighted by Gasteiger charge is -2.16. The Kier molecular flexibility index (Phi) is 3.64. The third-order valence-corrected chi connectivity index (χ3v) is 3.79. The van der Waals surface area contributed by atoms with Gasteiger partial charge >= 0.3 is 10.2 Å². The topological polar surface area (TPSA) is 87.6 Å². The standard InChI is InChI=1S/C10H10ClFN2O4S/c11-7-2-8(15)10(13-3-7)14-4-6(1-9(14)16)5-19(12,17)18/h2-3,6,15H,1,4-5H2. The van der Waals surface area contributed by atoms with Crippen molar-refractivity contribution >= 4 is 33.5 Å². The highest BCUT2D eigenvalue weighted by Gasteiger charge is 2.35. The monoisotopic (exact) mass is 308 g/mol. The van der Waals surface area contributed by atoms with Crippen LogP contribution in [-0.2, 0) is 15.0 Å². The lowest BCUT2D eigenvalue weighted by Crippen LogP contribution is -2.26. The van der Waals surface area contributed by atoms with Crippen molar-refractivity contribution in [2.24, 2.45) is 5.92 Å². The molecule has 0 radical (unpaired) electrons. The van der Waals surface area contributed by atoms with Crippen LogP contribution in [0.2, 0.25) is 5.02 Å². The fraction of sp³-hybridized carbons (Fsp3) is 0.400. The Morgan fingerprint density at radius 3 is 2.84 bits per heavy atom. The zero-order chi connectivity index (χ0) is 14.2. The van der Waals surface area contributed by atoms with E-state index in [1.807, 2.05) is 0 Å². The molecule has 0 saturated carbocycles. The van der Waals surface area contributed by atoms with Crippen LogP contribution in [0.15, 0.2) is 12.3 Å². The van der Waals surface area contributed by atoms with Gasteiger partial charge in [0.15, 0.2) is 11.6 Å². The SMILES string of the molecule is O=C1CC(CS(=O)(=O)F)CN1c1ncc(Cl)cc1O. The number of carbonyl (C=O) groups excluding carboxylic acids is 1. The second-order valence-corrected chi connectivity index (χ2v) is 6.12. The molecule has 2 heterocycles. The lowest BCUT2D eigenvalue weighted by molar-refractivity contribution is -0.117. The average molecular weight is 309 g/mol. The zero-order valence-corrected chi connectivity index (χ0v) is 11.2. The van der Waals surface area contributed by atoms with E-state index in [-0.39, 0.29) is 29.6 Å². The van der Waals surface area contributed by atoms with E-state index in [1.165, 1.54) is 12.3 Å². The summed E-state index contributed by atoms with van der Waals surface area (Å²) < 4.78 is 33.7. The van der Waals surface area contributed by atoms with Gasteiger partial charge in [-0.2, -0.15) is 8.42 Å². The molecule has 104 valence electrons. The van der Waals surface area contributed by atoms with Crippen LogP contribution in [0.25, 0.3) is 0 Å². The predicted molar refractivity (Wildman–Crippen MR) is 66.3 cm³/mol. The molecule has 0 bridgehead atoms. The molecule has 1 aromatic rings. The minimum atomic E-state index is -4.64. The maximum atomic E-state index is 12.6. The van der Waals surface area contributed by atoms with Crippen molar-refractivity contribution in [2.75, 3.05) is 17.2 Å². The number of amides is 1. The average Bonchev–Trinajstić information content (AvgIpc) is 2.56. The van der Waals surface area contributed by atoms with Crippen LogP contribution in [0, 0.1) is 5.92 Å². The first kappa shape index (κ1) is 14.0. The molecule has 0 aliphatic carbocycles. The molecule has 0 spiro atoms. The molecule has 1 atom stereocenters. The van der Waals surface area contributed by atoms with E-state index in [0.29, 0.717) is 0 Å². The minimum Gasteiger partial charge on any atom is -0.504 e. The Labute approximate surface area is 114 Å². The van der Waals surface area contributed by atoms with Crippen molar-refractivity contribution in [2.45, 2.75) is 6.42 Å². The van der Waals surface area contributed by atoms with Gasteiger partial charge in [-0.15, -0.1) is 3.89 Å². The van der Waals surface area contributed by atoms with Crippen molar-refractivity contribution in [1.29, 1.82) is 0 Å². The number of hydrogen-bond acceptors (Lipinski definition) is 5. The van der Waals surface area contributed by atoms with E-state index in [4.69, 9.17) is 11.6 Å². The van der Waals surface area contributed by atoms with E-state index in [9.17, 15) is 22.2 Å². The number of aromatic hydroxyl groups is 1. The Bertz CT molecular complexity index is 622. The Morgan fingerprint density at radius 1 is 1.58 bits per heavy atom. The Morgan fingerprint density at radius 2 is 2.26 bits per heavy atom. The quantitative estimate of drug-likeness (QED) is 0.845. The summed E-state index contributed by atoms with van der Waals surface area (Å²) in [6.07, 6.45) is 1.15. The van der Waals surface area contributed by atoms with Gasteiger partial charge in [-0.1, -0.05) is 11.6 Å². The zero-order valence-electron chi connectivity index (χ0n) is 9.58. The first-order chi connectivity index (χ1) is 8.76. The molecule has 1 amide bonds. The number of rotatable bonds is 3. The van der Waals surface area contributed by atoms with Crippen molar-refractivity contribution in [3.05, 3.63) is 17.3 Å². The van der Waals surface area contributed by atoms with Gasteiger partial charge in [0.2, 0.25) is 5.91 Å². The maximum absolute atomic E-state index is 12.6. The second kappa shape index (κ2) is 4.93. The summed E-state index contributed by atoms with van der Waals surface area (Å²) in [6.45, 7) is -0.00975. The summed E-state index contributed by atoms with van der Waals surface area (Å²) in [7, 11) is -4.64. The third-order valence-electron chi connectivity index (χ3n) is 2.71. The first-order valence-corrected chi connectivity index (χ1v) is 7.26. The van der Waals surface area contributed by atoms with E-state index in [2.05, 4.69) is 4.98 Å². The summed E-state index contributed by atoms with van der Waals surface area (Å²) in [6, 6.07) is 1.22. The highest BCUT2D eigenvalue weighted by molar-refractivity contribution is 7.86. The van der Waals surface area contributed by atoms with Crippen LogP contribution in [0.1, 0.15) is 6.42 Å². The Hall–Kier alpha value is -1.41. The molecule has 1 aliphatic heterocycles. The van der Waals surface area contributed by atoms with E-state index >= 15 is 0 Å². The molecule has 1 aromatic heterocycles. The fourth-order valence-corrected chi connectivity index (χ4v) is 2.95. The van der Waals surface area contributed by atoms with Gasteiger partial charge in [-0.05, 0) is 0 Å². The highest BCUT2D eigenvalue weighted by atomic mass is 35.5. The third kappa shape index (κ3) is 3.32. The number of aromatic nitrogens is 1. The van der Waals surface area contributed by atoms with Crippen molar-refractivity contribution in [1.82, 2.24) is 4.98 Å². The highest BCUT2D eigenvalue weighted by Crippen LogP contribution is 2.32. The predicted octanol–water partition coefficient (Wildman–Crippen LogP) is 1.09. The van der Waals surface area contributed by atoms with Gasteiger partial charge in [0.25, 0.3) is 0 Å². The summed E-state index contributed by atoms with van der Waals surface area (Å²) in [4.78, 5) is 16.7. The first-order valence-electron chi connectivity index (χ1n) is 5.33. The molecule has 1 fully saturated rings. The maximum Gasteiger partial charge on any atom is 0.302 e. The summed E-state index contributed by atoms with van der Waals surface area (Å²) in [5, 5.41) is 9.86. The van der Waals surface area contributed by atoms with Crippen molar-refractivity contribution in [3.63, 3.8) is 0 Å². The number of pyridine rings is 1. The number of hydrogen-bond donors (Lipinski definition) is 1. The lowest BCUT2D eigenvalue weighted by atomic mass is 10.1. The normalized spacial score (nSPS) is 20.0. The van der Waals surface area contributed by atoms with E-state index < -0.39 is 27.8 Å². The van der Waals surface area contributed by atoms with Crippen molar-refractivity contribution in [3.8, 4) is 5.75 Å². The van der Waals surface area contributed by atoms with Crippen molar-refractivity contribution < 1.29 is 22.2 Å². The van der Waals surface area contributed by atoms with E-state index in [0.717, 1.165) is 4.90 Å². The van der Waals surface area contributed by atoms with Crippen LogP contribution in [0.5, 0.6) is 5.75 Å². The van der Waals surface area contributed by atoms with Crippen LogP contribution in [-0.4, -0.2) is 36.7 Å². The number of nitrogens with zero attached hydrogens (tertiary/aromatic N) is 2. The van der Waals surface area contributed by atoms with Gasteiger partial charge in [-0.25, -0.2) is 4.98 Å². The summed E-state index contributed by atoms with van der Waals surface area (Å²) in [5.74, 6) is -2.08. The molecule has 0 aromatic carbocycles. The van der Waals surface area contributed by atoms with Crippen LogP contribution in [0.4, 0.5) is 9.70 Å². The molecule has 9 heteroatoms. The summed E-state index contributed by atoms with van der Waals surface area (Å²) in [5.41, 5.74) is 0. The largest absolute Gasteiger partial charge is 0.504 e. The molecule has 6 nitrogen and oxygen atoms in total. The van der Waals surface area contributed by atoms with Gasteiger partial charge in [0, 0.05) is 31.1 Å². The van der Waals surface area contributed by atoms with Gasteiger partial charge in [0.1, 0.15) is 0 Å². The van der Waals surface area contributed by atoms with Gasteiger partial charge in [0.05, 0.1) is 10.8 Å².